The van der Waals surface area contributed by atoms with Crippen molar-refractivity contribution in [2.24, 2.45) is 5.92 Å². The smallest absolute Gasteiger partial charge is 0.328 e. The van der Waals surface area contributed by atoms with E-state index in [0.29, 0.717) is 4.90 Å². The zero-order valence-electron chi connectivity index (χ0n) is 11.5. The molecule has 0 saturated carbocycles. The van der Waals surface area contributed by atoms with Crippen LogP contribution in [0.2, 0.25) is 0 Å². The molecule has 0 aliphatic heterocycles. The number of carboxylic acid groups (broad SMARTS) is 2. The number of rotatable bonds is 7. The summed E-state index contributed by atoms with van der Waals surface area (Å²) in [6, 6.07) is -1.95. The minimum atomic E-state index is -1.36. The first-order valence-electron chi connectivity index (χ1n) is 5.75. The molecule has 0 aliphatic rings. The van der Waals surface area contributed by atoms with Crippen molar-refractivity contribution in [2.75, 3.05) is 20.2 Å². The first kappa shape index (κ1) is 17.7. The average molecular weight is 290 g/mol. The zero-order chi connectivity index (χ0) is 15.9. The van der Waals surface area contributed by atoms with Gasteiger partial charge in [-0.2, -0.15) is 0 Å². The van der Waals surface area contributed by atoms with Crippen LogP contribution in [0.3, 0.4) is 0 Å². The summed E-state index contributed by atoms with van der Waals surface area (Å²) in [5.74, 6) is -3.72. The summed E-state index contributed by atoms with van der Waals surface area (Å²) in [6.45, 7) is 1.73. The molecule has 1 unspecified atom stereocenters. The highest BCUT2D eigenvalue weighted by Gasteiger charge is 2.28. The van der Waals surface area contributed by atoms with Crippen LogP contribution in [-0.2, 0) is 19.1 Å². The van der Waals surface area contributed by atoms with Crippen LogP contribution in [0.15, 0.2) is 0 Å². The number of hydrogen-bond donors (Lipinski definition) is 3. The van der Waals surface area contributed by atoms with Gasteiger partial charge in [-0.1, -0.05) is 13.8 Å². The fraction of sp³-hybridized carbons (Fsp3) is 0.636. The molecule has 0 saturated heterocycles. The topological polar surface area (TPSA) is 133 Å². The summed E-state index contributed by atoms with van der Waals surface area (Å²) in [5.41, 5.74) is 0. The highest BCUT2D eigenvalue weighted by Crippen LogP contribution is 2.04. The number of nitrogens with one attached hydrogen (secondary N) is 1. The second-order valence-corrected chi connectivity index (χ2v) is 4.34. The molecular formula is C11H18N2O7. The third kappa shape index (κ3) is 6.03. The van der Waals surface area contributed by atoms with Gasteiger partial charge >= 0.3 is 23.9 Å². The van der Waals surface area contributed by atoms with Crippen molar-refractivity contribution in [3.63, 3.8) is 0 Å². The van der Waals surface area contributed by atoms with E-state index in [1.807, 2.05) is 0 Å². The van der Waals surface area contributed by atoms with Crippen LogP contribution in [0.25, 0.3) is 0 Å². The fourth-order valence-corrected chi connectivity index (χ4v) is 1.38. The largest absolute Gasteiger partial charge is 0.480 e. The van der Waals surface area contributed by atoms with Crippen LogP contribution in [0.5, 0.6) is 0 Å². The molecule has 0 bridgehead atoms. The van der Waals surface area contributed by atoms with Gasteiger partial charge in [-0.3, -0.25) is 9.59 Å². The van der Waals surface area contributed by atoms with Gasteiger partial charge in [-0.25, -0.2) is 9.59 Å². The van der Waals surface area contributed by atoms with Crippen molar-refractivity contribution in [1.29, 1.82) is 0 Å². The number of aliphatic carboxylic acids is 2. The van der Waals surface area contributed by atoms with Crippen molar-refractivity contribution in [2.45, 2.75) is 19.9 Å². The third-order valence-corrected chi connectivity index (χ3v) is 2.34. The van der Waals surface area contributed by atoms with E-state index >= 15 is 0 Å². The van der Waals surface area contributed by atoms with Crippen LogP contribution in [0.1, 0.15) is 13.8 Å². The normalized spacial score (nSPS) is 11.6. The minimum Gasteiger partial charge on any atom is -0.480 e. The molecule has 9 nitrogen and oxygen atoms in total. The molecule has 1 atom stereocenters. The number of carbonyl (C=O) groups excluding carboxylic acids is 2. The molecule has 0 rings (SSSR count). The number of urea groups is 1. The SMILES string of the molecule is COC(=O)C(NC(=O)N(CC(=O)O)CC(=O)O)C(C)C. The van der Waals surface area contributed by atoms with Crippen molar-refractivity contribution >= 4 is 23.9 Å². The Morgan fingerprint density at radius 2 is 1.55 bits per heavy atom. The lowest BCUT2D eigenvalue weighted by molar-refractivity contribution is -0.144. The number of amides is 2. The predicted octanol–water partition coefficient (Wildman–Crippen LogP) is -0.635. The second kappa shape index (κ2) is 7.97. The van der Waals surface area contributed by atoms with E-state index in [2.05, 4.69) is 10.1 Å². The highest BCUT2D eigenvalue weighted by molar-refractivity contribution is 5.87. The molecule has 3 N–H and O–H groups in total. The van der Waals surface area contributed by atoms with E-state index in [0.717, 1.165) is 7.11 Å². The molecule has 0 radical (unpaired) electrons. The molecule has 2 amide bonds. The predicted molar refractivity (Wildman–Crippen MR) is 66.0 cm³/mol. The van der Waals surface area contributed by atoms with E-state index in [-0.39, 0.29) is 5.92 Å². The monoisotopic (exact) mass is 290 g/mol. The quantitative estimate of drug-likeness (QED) is 0.531. The van der Waals surface area contributed by atoms with Crippen molar-refractivity contribution in [3.05, 3.63) is 0 Å². The first-order valence-corrected chi connectivity index (χ1v) is 5.75. The van der Waals surface area contributed by atoms with Crippen molar-refractivity contribution in [3.8, 4) is 0 Å². The van der Waals surface area contributed by atoms with Gasteiger partial charge in [0.15, 0.2) is 0 Å². The minimum absolute atomic E-state index is 0.303. The lowest BCUT2D eigenvalue weighted by Crippen LogP contribution is -2.52. The summed E-state index contributed by atoms with van der Waals surface area (Å²) in [6.07, 6.45) is 0. The van der Waals surface area contributed by atoms with Gasteiger partial charge in [-0.15, -0.1) is 0 Å². The van der Waals surface area contributed by atoms with Gasteiger partial charge in [0, 0.05) is 0 Å². The molecule has 0 heterocycles. The lowest BCUT2D eigenvalue weighted by Gasteiger charge is -2.24. The summed E-state index contributed by atoms with van der Waals surface area (Å²) in [4.78, 5) is 45.1. The van der Waals surface area contributed by atoms with Crippen LogP contribution >= 0.6 is 0 Å². The van der Waals surface area contributed by atoms with Gasteiger partial charge < -0.3 is 25.2 Å². The Balaban J connectivity index is 4.91. The fourth-order valence-electron chi connectivity index (χ4n) is 1.38. The molecule has 0 aromatic heterocycles. The van der Waals surface area contributed by atoms with Crippen LogP contribution < -0.4 is 5.32 Å². The number of carbonyl (C=O) groups is 4. The molecular weight excluding hydrogens is 272 g/mol. The summed E-state index contributed by atoms with van der Waals surface area (Å²) in [5, 5.41) is 19.5. The number of methoxy groups -OCH3 is 1. The second-order valence-electron chi connectivity index (χ2n) is 4.34. The number of nitrogens with zero attached hydrogens (tertiary/aromatic N) is 1. The lowest BCUT2D eigenvalue weighted by atomic mass is 10.1. The van der Waals surface area contributed by atoms with Gasteiger partial charge in [-0.05, 0) is 5.92 Å². The van der Waals surface area contributed by atoms with E-state index in [4.69, 9.17) is 10.2 Å². The molecule has 0 spiro atoms. The molecule has 9 heteroatoms. The van der Waals surface area contributed by atoms with Crippen LogP contribution in [-0.4, -0.2) is 65.3 Å². The van der Waals surface area contributed by atoms with E-state index < -0.39 is 43.1 Å². The Bertz CT molecular complexity index is 378. The standard InChI is InChI=1S/C11H18N2O7/c1-6(2)9(10(18)20-3)12-11(19)13(4-7(14)15)5-8(16)17/h6,9H,4-5H2,1-3H3,(H,12,19)(H,14,15)(H,16,17). The van der Waals surface area contributed by atoms with Gasteiger partial charge in [0.2, 0.25) is 0 Å². The van der Waals surface area contributed by atoms with Crippen molar-refractivity contribution in [1.82, 2.24) is 10.2 Å². The van der Waals surface area contributed by atoms with E-state index in [1.54, 1.807) is 13.8 Å². The maximum atomic E-state index is 11.8. The highest BCUT2D eigenvalue weighted by atomic mass is 16.5. The summed E-state index contributed by atoms with van der Waals surface area (Å²) in [7, 11) is 1.15. The van der Waals surface area contributed by atoms with Gasteiger partial charge in [0.25, 0.3) is 0 Å². The number of hydrogen-bond acceptors (Lipinski definition) is 5. The van der Waals surface area contributed by atoms with E-state index in [9.17, 15) is 19.2 Å². The molecule has 0 aromatic rings. The zero-order valence-corrected chi connectivity index (χ0v) is 11.5. The van der Waals surface area contributed by atoms with Gasteiger partial charge in [0.1, 0.15) is 19.1 Å². The maximum Gasteiger partial charge on any atom is 0.328 e. The van der Waals surface area contributed by atoms with E-state index in [1.165, 1.54) is 0 Å². The number of ether oxygens (including phenoxy) is 1. The first-order chi connectivity index (χ1) is 9.18. The Labute approximate surface area is 115 Å². The number of esters is 1. The molecule has 0 fully saturated rings. The third-order valence-electron chi connectivity index (χ3n) is 2.34. The molecule has 0 aliphatic carbocycles. The maximum absolute atomic E-state index is 11.8. The Kier molecular flexibility index (Phi) is 7.05. The summed E-state index contributed by atoms with van der Waals surface area (Å²) >= 11 is 0. The molecule has 0 aromatic carbocycles. The van der Waals surface area contributed by atoms with Crippen molar-refractivity contribution < 1.29 is 34.1 Å². The molecule has 114 valence electrons. The number of carboxylic acids is 2. The Morgan fingerprint density at radius 3 is 1.85 bits per heavy atom. The van der Waals surface area contributed by atoms with Crippen LogP contribution in [0, 0.1) is 5.92 Å². The summed E-state index contributed by atoms with van der Waals surface area (Å²) < 4.78 is 4.51. The van der Waals surface area contributed by atoms with Gasteiger partial charge in [0.05, 0.1) is 7.11 Å². The van der Waals surface area contributed by atoms with Crippen LogP contribution in [0.4, 0.5) is 4.79 Å². The Morgan fingerprint density at radius 1 is 1.10 bits per heavy atom. The average Bonchev–Trinajstić information content (AvgIpc) is 2.32. The Hall–Kier alpha value is -2.32. The molecule has 20 heavy (non-hydrogen) atoms.